The van der Waals surface area contributed by atoms with E-state index >= 15 is 0 Å². The van der Waals surface area contributed by atoms with E-state index in [4.69, 9.17) is 16.3 Å². The number of benzene rings is 1. The Hall–Kier alpha value is -1.39. The summed E-state index contributed by atoms with van der Waals surface area (Å²) >= 11 is 5.77. The molecule has 0 aromatic heterocycles. The highest BCUT2D eigenvalue weighted by molar-refractivity contribution is 6.30. The monoisotopic (exact) mass is 271 g/mol. The number of hydrogen-bond donors (Lipinski definition) is 1. The van der Waals surface area contributed by atoms with Gasteiger partial charge in [0.15, 0.2) is 0 Å². The maximum absolute atomic E-state index is 13.3. The van der Waals surface area contributed by atoms with Gasteiger partial charge in [-0.05, 0) is 30.7 Å². The van der Waals surface area contributed by atoms with Crippen LogP contribution in [0.2, 0.25) is 5.02 Å². The third kappa shape index (κ3) is 4.13. The molecule has 1 aromatic rings. The van der Waals surface area contributed by atoms with Crippen LogP contribution >= 0.6 is 11.6 Å². The van der Waals surface area contributed by atoms with Crippen LogP contribution in [-0.4, -0.2) is 19.1 Å². The summed E-state index contributed by atoms with van der Waals surface area (Å²) < 4.78 is 18.2. The Labute approximate surface area is 111 Å². The highest BCUT2D eigenvalue weighted by atomic mass is 35.5. The summed E-state index contributed by atoms with van der Waals surface area (Å²) in [6, 6.07) is 3.21. The first-order chi connectivity index (χ1) is 8.58. The van der Waals surface area contributed by atoms with Gasteiger partial charge in [-0.1, -0.05) is 17.7 Å². The quantitative estimate of drug-likeness (QED) is 0.639. The molecular formula is C13H15ClFNO2. The molecule has 0 aliphatic heterocycles. The fourth-order valence-electron chi connectivity index (χ4n) is 1.51. The second kappa shape index (κ2) is 7.13. The Kier molecular flexibility index (Phi) is 5.82. The van der Waals surface area contributed by atoms with Crippen molar-refractivity contribution in [2.45, 2.75) is 13.0 Å². The van der Waals surface area contributed by atoms with Crippen molar-refractivity contribution in [2.75, 3.05) is 13.2 Å². The molecule has 0 bridgehead atoms. The molecule has 1 atom stereocenters. The predicted octanol–water partition coefficient (Wildman–Crippen LogP) is 2.86. The Morgan fingerprint density at radius 2 is 2.33 bits per heavy atom. The van der Waals surface area contributed by atoms with Gasteiger partial charge in [0, 0.05) is 11.6 Å². The molecule has 0 saturated carbocycles. The first-order valence-electron chi connectivity index (χ1n) is 5.55. The summed E-state index contributed by atoms with van der Waals surface area (Å²) in [5.74, 6) is -0.965. The molecule has 1 aromatic carbocycles. The van der Waals surface area contributed by atoms with Crippen LogP contribution in [0.5, 0.6) is 0 Å². The SMILES string of the molecule is C=CCNC(C(=O)OCC)c1cc(F)cc(Cl)c1. The van der Waals surface area contributed by atoms with Crippen LogP contribution in [0.25, 0.3) is 0 Å². The van der Waals surface area contributed by atoms with E-state index in [2.05, 4.69) is 11.9 Å². The Balaban J connectivity index is 2.99. The van der Waals surface area contributed by atoms with Gasteiger partial charge in [0.05, 0.1) is 6.61 Å². The lowest BCUT2D eigenvalue weighted by molar-refractivity contribution is -0.145. The molecule has 0 amide bonds. The number of ether oxygens (including phenoxy) is 1. The topological polar surface area (TPSA) is 38.3 Å². The van der Waals surface area contributed by atoms with E-state index in [1.807, 2.05) is 0 Å². The second-order valence-corrected chi connectivity index (χ2v) is 4.02. The molecule has 1 unspecified atom stereocenters. The van der Waals surface area contributed by atoms with Crippen LogP contribution < -0.4 is 5.32 Å². The summed E-state index contributed by atoms with van der Waals surface area (Å²) in [5.41, 5.74) is 0.431. The molecular weight excluding hydrogens is 257 g/mol. The van der Waals surface area contributed by atoms with E-state index in [0.29, 0.717) is 12.1 Å². The second-order valence-electron chi connectivity index (χ2n) is 3.58. The molecule has 0 saturated heterocycles. The Bertz CT molecular complexity index is 417. The van der Waals surface area contributed by atoms with Gasteiger partial charge in [0.25, 0.3) is 0 Å². The van der Waals surface area contributed by atoms with Crippen molar-refractivity contribution in [1.82, 2.24) is 5.32 Å². The fraction of sp³-hybridized carbons (Fsp3) is 0.308. The lowest BCUT2D eigenvalue weighted by Crippen LogP contribution is -2.30. The Morgan fingerprint density at radius 1 is 1.61 bits per heavy atom. The highest BCUT2D eigenvalue weighted by Crippen LogP contribution is 2.21. The number of esters is 1. The van der Waals surface area contributed by atoms with Gasteiger partial charge in [-0.3, -0.25) is 5.32 Å². The van der Waals surface area contributed by atoms with Gasteiger partial charge in [0.2, 0.25) is 0 Å². The highest BCUT2D eigenvalue weighted by Gasteiger charge is 2.21. The van der Waals surface area contributed by atoms with Crippen LogP contribution in [0.1, 0.15) is 18.5 Å². The zero-order valence-corrected chi connectivity index (χ0v) is 10.8. The minimum absolute atomic E-state index is 0.236. The minimum atomic E-state index is -0.754. The van der Waals surface area contributed by atoms with Crippen molar-refractivity contribution in [2.24, 2.45) is 0 Å². The van der Waals surface area contributed by atoms with Crippen molar-refractivity contribution in [1.29, 1.82) is 0 Å². The summed E-state index contributed by atoms with van der Waals surface area (Å²) in [7, 11) is 0. The summed E-state index contributed by atoms with van der Waals surface area (Å²) in [6.45, 7) is 5.92. The largest absolute Gasteiger partial charge is 0.465 e. The third-order valence-corrected chi connectivity index (χ3v) is 2.43. The fourth-order valence-corrected chi connectivity index (χ4v) is 1.74. The zero-order valence-electron chi connectivity index (χ0n) is 10.1. The van der Waals surface area contributed by atoms with Crippen molar-refractivity contribution < 1.29 is 13.9 Å². The zero-order chi connectivity index (χ0) is 13.5. The van der Waals surface area contributed by atoms with Crippen LogP contribution in [0.4, 0.5) is 4.39 Å². The molecule has 0 heterocycles. The standard InChI is InChI=1S/C13H15ClFNO2/c1-3-5-16-12(13(17)18-4-2)9-6-10(14)8-11(15)7-9/h3,6-8,12,16H,1,4-5H2,2H3. The molecule has 0 radical (unpaired) electrons. The van der Waals surface area contributed by atoms with E-state index in [1.165, 1.54) is 18.2 Å². The maximum atomic E-state index is 13.3. The van der Waals surface area contributed by atoms with Crippen molar-refractivity contribution in [3.63, 3.8) is 0 Å². The van der Waals surface area contributed by atoms with Crippen LogP contribution in [-0.2, 0) is 9.53 Å². The van der Waals surface area contributed by atoms with Gasteiger partial charge in [-0.2, -0.15) is 0 Å². The summed E-state index contributed by atoms with van der Waals surface area (Å²) in [4.78, 5) is 11.8. The van der Waals surface area contributed by atoms with Crippen LogP contribution in [0, 0.1) is 5.82 Å². The number of rotatable bonds is 6. The third-order valence-electron chi connectivity index (χ3n) is 2.21. The molecule has 0 spiro atoms. The van der Waals surface area contributed by atoms with Crippen molar-refractivity contribution >= 4 is 17.6 Å². The van der Waals surface area contributed by atoms with Crippen LogP contribution in [0.15, 0.2) is 30.9 Å². The van der Waals surface area contributed by atoms with Crippen molar-refractivity contribution in [3.8, 4) is 0 Å². The molecule has 3 nitrogen and oxygen atoms in total. The van der Waals surface area contributed by atoms with E-state index in [-0.39, 0.29) is 11.6 Å². The smallest absolute Gasteiger partial charge is 0.327 e. The molecule has 1 N–H and O–H groups in total. The van der Waals surface area contributed by atoms with Gasteiger partial charge in [-0.15, -0.1) is 6.58 Å². The molecule has 5 heteroatoms. The van der Waals surface area contributed by atoms with E-state index in [0.717, 1.165) is 0 Å². The van der Waals surface area contributed by atoms with Gasteiger partial charge >= 0.3 is 5.97 Å². The van der Waals surface area contributed by atoms with E-state index in [1.54, 1.807) is 13.0 Å². The Morgan fingerprint density at radius 3 is 2.89 bits per heavy atom. The number of carbonyl (C=O) groups excluding carboxylic acids is 1. The number of nitrogens with one attached hydrogen (secondary N) is 1. The number of halogens is 2. The summed E-state index contributed by atoms with van der Waals surface area (Å²) in [5, 5.41) is 3.14. The minimum Gasteiger partial charge on any atom is -0.465 e. The molecule has 0 aliphatic rings. The maximum Gasteiger partial charge on any atom is 0.327 e. The van der Waals surface area contributed by atoms with Gasteiger partial charge < -0.3 is 4.74 Å². The number of hydrogen-bond acceptors (Lipinski definition) is 3. The van der Waals surface area contributed by atoms with Gasteiger partial charge in [0.1, 0.15) is 11.9 Å². The number of carbonyl (C=O) groups is 1. The summed E-state index contributed by atoms with van der Waals surface area (Å²) in [6.07, 6.45) is 1.60. The van der Waals surface area contributed by atoms with E-state index in [9.17, 15) is 9.18 Å². The lowest BCUT2D eigenvalue weighted by atomic mass is 10.1. The first kappa shape index (κ1) is 14.7. The average Bonchev–Trinajstić information content (AvgIpc) is 2.28. The predicted molar refractivity (Wildman–Crippen MR) is 69.0 cm³/mol. The van der Waals surface area contributed by atoms with Crippen molar-refractivity contribution in [3.05, 3.63) is 47.3 Å². The lowest BCUT2D eigenvalue weighted by Gasteiger charge is -2.17. The average molecular weight is 272 g/mol. The normalized spacial score (nSPS) is 11.9. The van der Waals surface area contributed by atoms with Gasteiger partial charge in [-0.25, -0.2) is 9.18 Å². The van der Waals surface area contributed by atoms with Crippen LogP contribution in [0.3, 0.4) is 0 Å². The molecule has 1 rings (SSSR count). The molecule has 0 fully saturated rings. The van der Waals surface area contributed by atoms with E-state index < -0.39 is 17.8 Å². The molecule has 98 valence electrons. The first-order valence-corrected chi connectivity index (χ1v) is 5.93. The molecule has 18 heavy (non-hydrogen) atoms. The molecule has 0 aliphatic carbocycles.